The van der Waals surface area contributed by atoms with Crippen molar-refractivity contribution in [3.8, 4) is 0 Å². The summed E-state index contributed by atoms with van der Waals surface area (Å²) in [7, 11) is 0. The van der Waals surface area contributed by atoms with Gasteiger partial charge in [-0.25, -0.2) is 9.98 Å². The summed E-state index contributed by atoms with van der Waals surface area (Å²) in [5, 5.41) is 6.86. The number of nitrogens with zero attached hydrogens (tertiary/aromatic N) is 4. The zero-order valence-corrected chi connectivity index (χ0v) is 21.9. The lowest BCUT2D eigenvalue weighted by molar-refractivity contribution is 0.122. The summed E-state index contributed by atoms with van der Waals surface area (Å²) in [6.45, 7) is 10.9. The van der Waals surface area contributed by atoms with E-state index < -0.39 is 0 Å². The molecule has 3 aromatic rings. The number of halogens is 1. The normalized spacial score (nSPS) is 14.2. The highest BCUT2D eigenvalue weighted by atomic mass is 127. The number of hydrogen-bond donors (Lipinski definition) is 2. The number of anilines is 1. The first kappa shape index (κ1) is 25.3. The Bertz CT molecular complexity index is 1040. The highest BCUT2D eigenvalue weighted by molar-refractivity contribution is 14.0. The summed E-state index contributed by atoms with van der Waals surface area (Å²) in [5.41, 5.74) is 4.77. The first-order valence-corrected chi connectivity index (χ1v) is 11.6. The number of fused-ring (bicyclic) bond motifs is 1. The monoisotopic (exact) mass is 562 g/mol. The Morgan fingerprint density at radius 2 is 1.82 bits per heavy atom. The second kappa shape index (κ2) is 12.8. The number of aryl methyl sites for hydroxylation is 2. The Morgan fingerprint density at radius 3 is 2.64 bits per heavy atom. The van der Waals surface area contributed by atoms with E-state index in [4.69, 9.17) is 9.73 Å². The molecule has 1 fully saturated rings. The summed E-state index contributed by atoms with van der Waals surface area (Å²) in [6.07, 6.45) is 0.996. The molecule has 0 unspecified atom stereocenters. The van der Waals surface area contributed by atoms with E-state index in [1.54, 1.807) is 0 Å². The average molecular weight is 563 g/mol. The highest BCUT2D eigenvalue weighted by Crippen LogP contribution is 2.22. The van der Waals surface area contributed by atoms with E-state index in [1.807, 2.05) is 6.07 Å². The summed E-state index contributed by atoms with van der Waals surface area (Å²) in [6, 6.07) is 16.9. The van der Waals surface area contributed by atoms with Crippen LogP contribution in [-0.4, -0.2) is 54.9 Å². The molecule has 1 saturated heterocycles. The van der Waals surface area contributed by atoms with Crippen LogP contribution in [0.15, 0.2) is 53.5 Å². The maximum Gasteiger partial charge on any atom is 0.191 e. The predicted molar refractivity (Wildman–Crippen MR) is 147 cm³/mol. The molecular formula is C25H35IN6O. The van der Waals surface area contributed by atoms with E-state index >= 15 is 0 Å². The van der Waals surface area contributed by atoms with Crippen LogP contribution in [0.2, 0.25) is 0 Å². The summed E-state index contributed by atoms with van der Waals surface area (Å²) < 4.78 is 7.80. The number of rotatable bonds is 8. The molecule has 1 aromatic heterocycles. The van der Waals surface area contributed by atoms with E-state index in [-0.39, 0.29) is 24.0 Å². The third-order valence-corrected chi connectivity index (χ3v) is 5.79. The van der Waals surface area contributed by atoms with Gasteiger partial charge in [-0.1, -0.05) is 30.3 Å². The van der Waals surface area contributed by atoms with E-state index in [2.05, 4.69) is 81.4 Å². The van der Waals surface area contributed by atoms with Crippen LogP contribution in [0.4, 0.5) is 5.69 Å². The molecule has 4 rings (SSSR count). The molecule has 178 valence electrons. The zero-order valence-electron chi connectivity index (χ0n) is 19.6. The van der Waals surface area contributed by atoms with Crippen molar-refractivity contribution < 1.29 is 4.74 Å². The van der Waals surface area contributed by atoms with Crippen molar-refractivity contribution in [1.29, 1.82) is 0 Å². The smallest absolute Gasteiger partial charge is 0.191 e. The Hall–Kier alpha value is -2.33. The third kappa shape index (κ3) is 6.60. The molecule has 0 radical (unpaired) electrons. The van der Waals surface area contributed by atoms with Crippen LogP contribution in [0, 0.1) is 6.92 Å². The number of morpholine rings is 1. The Labute approximate surface area is 213 Å². The molecule has 2 aromatic carbocycles. The molecule has 1 aliphatic heterocycles. The Morgan fingerprint density at radius 1 is 1.06 bits per heavy atom. The fraction of sp³-hybridized carbons (Fsp3) is 0.440. The van der Waals surface area contributed by atoms with E-state index in [1.165, 1.54) is 16.8 Å². The van der Waals surface area contributed by atoms with Gasteiger partial charge in [0.05, 0.1) is 30.8 Å². The highest BCUT2D eigenvalue weighted by Gasteiger charge is 2.14. The van der Waals surface area contributed by atoms with Crippen molar-refractivity contribution in [1.82, 2.24) is 20.2 Å². The van der Waals surface area contributed by atoms with Gasteiger partial charge in [0, 0.05) is 38.4 Å². The average Bonchev–Trinajstić information content (AvgIpc) is 3.16. The number of para-hydroxylation sites is 3. The van der Waals surface area contributed by atoms with E-state index in [0.717, 1.165) is 69.7 Å². The molecule has 0 aliphatic carbocycles. The van der Waals surface area contributed by atoms with Crippen molar-refractivity contribution >= 4 is 46.7 Å². The number of aromatic nitrogens is 2. The summed E-state index contributed by atoms with van der Waals surface area (Å²) in [5.74, 6) is 1.92. The molecule has 0 amide bonds. The second-order valence-electron chi connectivity index (χ2n) is 8.00. The lowest BCUT2D eigenvalue weighted by Gasteiger charge is -2.30. The van der Waals surface area contributed by atoms with Gasteiger partial charge in [-0.05, 0) is 44.0 Å². The number of benzene rings is 2. The Kier molecular flexibility index (Phi) is 9.80. The first-order valence-electron chi connectivity index (χ1n) is 11.6. The quantitative estimate of drug-likeness (QED) is 0.189. The third-order valence-electron chi connectivity index (χ3n) is 5.79. The van der Waals surface area contributed by atoms with Gasteiger partial charge in [0.1, 0.15) is 5.82 Å². The van der Waals surface area contributed by atoms with Gasteiger partial charge in [0.15, 0.2) is 5.96 Å². The molecule has 7 nitrogen and oxygen atoms in total. The van der Waals surface area contributed by atoms with Crippen molar-refractivity contribution in [3.63, 3.8) is 0 Å². The van der Waals surface area contributed by atoms with Crippen LogP contribution >= 0.6 is 24.0 Å². The van der Waals surface area contributed by atoms with E-state index in [9.17, 15) is 0 Å². The topological polar surface area (TPSA) is 66.7 Å². The van der Waals surface area contributed by atoms with Gasteiger partial charge in [0.2, 0.25) is 0 Å². The van der Waals surface area contributed by atoms with Gasteiger partial charge in [0.25, 0.3) is 0 Å². The van der Waals surface area contributed by atoms with Crippen molar-refractivity contribution in [2.24, 2.45) is 4.99 Å². The van der Waals surface area contributed by atoms with Gasteiger partial charge >= 0.3 is 0 Å². The molecule has 33 heavy (non-hydrogen) atoms. The van der Waals surface area contributed by atoms with Crippen molar-refractivity contribution in [3.05, 3.63) is 59.9 Å². The minimum Gasteiger partial charge on any atom is -0.378 e. The van der Waals surface area contributed by atoms with Crippen molar-refractivity contribution in [2.75, 3.05) is 44.3 Å². The SMILES string of the molecule is CCNC(=NCc1ccccc1N1CCOCC1)NCCCn1c(C)nc2ccccc21.I. The largest absolute Gasteiger partial charge is 0.378 e. The number of hydrogen-bond acceptors (Lipinski definition) is 4. The van der Waals surface area contributed by atoms with Crippen LogP contribution < -0.4 is 15.5 Å². The van der Waals surface area contributed by atoms with Crippen LogP contribution in [-0.2, 0) is 17.8 Å². The number of aliphatic imine (C=N–C) groups is 1. The van der Waals surface area contributed by atoms with Crippen LogP contribution in [0.5, 0.6) is 0 Å². The molecule has 1 aliphatic rings. The standard InChI is InChI=1S/C25H34N6O.HI/c1-3-26-25(27-13-8-14-31-20(2)29-22-10-5-7-12-24(22)31)28-19-21-9-4-6-11-23(21)30-15-17-32-18-16-30;/h4-7,9-12H,3,8,13-19H2,1-2H3,(H2,26,27,28);1H. The van der Waals surface area contributed by atoms with Crippen molar-refractivity contribution in [2.45, 2.75) is 33.4 Å². The molecule has 2 heterocycles. The fourth-order valence-corrected chi connectivity index (χ4v) is 4.19. The second-order valence-corrected chi connectivity index (χ2v) is 8.00. The van der Waals surface area contributed by atoms with Crippen LogP contribution in [0.1, 0.15) is 24.7 Å². The molecule has 8 heteroatoms. The maximum absolute atomic E-state index is 5.51. The molecule has 0 spiro atoms. The fourth-order valence-electron chi connectivity index (χ4n) is 4.19. The molecule has 0 bridgehead atoms. The lowest BCUT2D eigenvalue weighted by atomic mass is 10.1. The summed E-state index contributed by atoms with van der Waals surface area (Å²) in [4.78, 5) is 11.9. The minimum atomic E-state index is 0. The van der Waals surface area contributed by atoms with Crippen LogP contribution in [0.25, 0.3) is 11.0 Å². The van der Waals surface area contributed by atoms with Gasteiger partial charge in [-0.3, -0.25) is 0 Å². The van der Waals surface area contributed by atoms with Crippen LogP contribution in [0.3, 0.4) is 0 Å². The number of guanidine groups is 1. The van der Waals surface area contributed by atoms with Gasteiger partial charge in [-0.2, -0.15) is 0 Å². The molecule has 2 N–H and O–H groups in total. The lowest BCUT2D eigenvalue weighted by Crippen LogP contribution is -2.38. The first-order chi connectivity index (χ1) is 15.8. The minimum absolute atomic E-state index is 0. The van der Waals surface area contributed by atoms with Gasteiger partial charge in [-0.15, -0.1) is 24.0 Å². The molecule has 0 atom stereocenters. The number of nitrogens with one attached hydrogen (secondary N) is 2. The molecular weight excluding hydrogens is 527 g/mol. The predicted octanol–water partition coefficient (Wildman–Crippen LogP) is 3.94. The molecule has 0 saturated carbocycles. The maximum atomic E-state index is 5.51. The zero-order chi connectivity index (χ0) is 22.2. The van der Waals surface area contributed by atoms with Gasteiger partial charge < -0.3 is 24.8 Å². The Balaban J connectivity index is 0.00000306. The number of imidazole rings is 1. The summed E-state index contributed by atoms with van der Waals surface area (Å²) >= 11 is 0. The number of ether oxygens (including phenoxy) is 1. The van der Waals surface area contributed by atoms with E-state index in [0.29, 0.717) is 6.54 Å².